The summed E-state index contributed by atoms with van der Waals surface area (Å²) in [5.74, 6) is -1.12. The van der Waals surface area contributed by atoms with Crippen molar-refractivity contribution in [3.63, 3.8) is 0 Å². The second-order valence-corrected chi connectivity index (χ2v) is 4.48. The molecule has 0 aliphatic heterocycles. The molecule has 1 aromatic carbocycles. The topological polar surface area (TPSA) is 59.1 Å². The fourth-order valence-electron chi connectivity index (χ4n) is 1.93. The van der Waals surface area contributed by atoms with Crippen molar-refractivity contribution in [2.45, 2.75) is 19.4 Å². The van der Waals surface area contributed by atoms with Gasteiger partial charge in [-0.05, 0) is 36.2 Å². The van der Waals surface area contributed by atoms with Gasteiger partial charge < -0.3 is 10.8 Å². The van der Waals surface area contributed by atoms with Gasteiger partial charge in [-0.25, -0.2) is 13.8 Å². The van der Waals surface area contributed by atoms with Crippen LogP contribution in [0.5, 0.6) is 0 Å². The summed E-state index contributed by atoms with van der Waals surface area (Å²) in [5, 5.41) is 10.1. The van der Waals surface area contributed by atoms with Gasteiger partial charge >= 0.3 is 0 Å². The SMILES string of the molecule is Cc1cnc(N)c(C(O)Cc2cc(F)cc(F)c2)c1. The van der Waals surface area contributed by atoms with E-state index in [1.807, 2.05) is 6.92 Å². The molecule has 0 aliphatic rings. The number of hydrogen-bond acceptors (Lipinski definition) is 3. The first-order chi connectivity index (χ1) is 8.95. The van der Waals surface area contributed by atoms with Crippen LogP contribution in [0, 0.1) is 18.6 Å². The summed E-state index contributed by atoms with van der Waals surface area (Å²) in [7, 11) is 0. The van der Waals surface area contributed by atoms with Crippen LogP contribution in [-0.2, 0) is 6.42 Å². The zero-order valence-corrected chi connectivity index (χ0v) is 10.4. The number of aromatic nitrogens is 1. The zero-order chi connectivity index (χ0) is 14.0. The molecule has 3 N–H and O–H groups in total. The smallest absolute Gasteiger partial charge is 0.129 e. The summed E-state index contributed by atoms with van der Waals surface area (Å²) in [6.07, 6.45) is 0.714. The summed E-state index contributed by atoms with van der Waals surface area (Å²) < 4.78 is 26.1. The largest absolute Gasteiger partial charge is 0.388 e. The number of nitrogens with zero attached hydrogens (tertiary/aromatic N) is 1. The van der Waals surface area contributed by atoms with Crippen molar-refractivity contribution in [3.8, 4) is 0 Å². The summed E-state index contributed by atoms with van der Waals surface area (Å²) in [4.78, 5) is 3.95. The molecule has 0 saturated carbocycles. The molecule has 19 heavy (non-hydrogen) atoms. The number of nitrogens with two attached hydrogens (primary N) is 1. The fourth-order valence-corrected chi connectivity index (χ4v) is 1.93. The lowest BCUT2D eigenvalue weighted by Gasteiger charge is -2.13. The molecule has 2 rings (SSSR count). The van der Waals surface area contributed by atoms with Crippen molar-refractivity contribution in [3.05, 3.63) is 58.8 Å². The average Bonchev–Trinajstić information content (AvgIpc) is 2.30. The number of benzene rings is 1. The van der Waals surface area contributed by atoms with Crippen LogP contribution in [0.3, 0.4) is 0 Å². The Balaban J connectivity index is 2.25. The van der Waals surface area contributed by atoms with Gasteiger partial charge in [-0.15, -0.1) is 0 Å². The summed E-state index contributed by atoms with van der Waals surface area (Å²) >= 11 is 0. The first-order valence-electron chi connectivity index (χ1n) is 5.81. The number of pyridine rings is 1. The lowest BCUT2D eigenvalue weighted by molar-refractivity contribution is 0.178. The van der Waals surface area contributed by atoms with Crippen LogP contribution in [0.25, 0.3) is 0 Å². The minimum absolute atomic E-state index is 0.0734. The van der Waals surface area contributed by atoms with Gasteiger partial charge in [0.25, 0.3) is 0 Å². The minimum atomic E-state index is -0.950. The molecule has 100 valence electrons. The van der Waals surface area contributed by atoms with E-state index in [1.165, 1.54) is 12.1 Å². The van der Waals surface area contributed by atoms with Gasteiger partial charge in [0.15, 0.2) is 0 Å². The van der Waals surface area contributed by atoms with E-state index in [9.17, 15) is 13.9 Å². The van der Waals surface area contributed by atoms with E-state index in [4.69, 9.17) is 5.73 Å². The molecule has 0 aliphatic carbocycles. The predicted molar refractivity (Wildman–Crippen MR) is 68.4 cm³/mol. The highest BCUT2D eigenvalue weighted by atomic mass is 19.1. The number of rotatable bonds is 3. The molecule has 3 nitrogen and oxygen atoms in total. The minimum Gasteiger partial charge on any atom is -0.388 e. The van der Waals surface area contributed by atoms with Crippen LogP contribution in [0.2, 0.25) is 0 Å². The average molecular weight is 264 g/mol. The molecule has 0 saturated heterocycles. The zero-order valence-electron chi connectivity index (χ0n) is 10.4. The molecular formula is C14H14F2N2O. The highest BCUT2D eigenvalue weighted by molar-refractivity contribution is 5.42. The van der Waals surface area contributed by atoms with Crippen molar-refractivity contribution in [1.82, 2.24) is 4.98 Å². The Morgan fingerprint density at radius 3 is 2.47 bits per heavy atom. The summed E-state index contributed by atoms with van der Waals surface area (Å²) in [6.45, 7) is 1.82. The van der Waals surface area contributed by atoms with Crippen LogP contribution in [-0.4, -0.2) is 10.1 Å². The molecule has 0 spiro atoms. The van der Waals surface area contributed by atoms with Crippen LogP contribution < -0.4 is 5.73 Å². The number of halogens is 2. The highest BCUT2D eigenvalue weighted by Gasteiger charge is 2.14. The predicted octanol–water partition coefficient (Wildman–Crippen LogP) is 2.53. The van der Waals surface area contributed by atoms with E-state index in [0.29, 0.717) is 11.1 Å². The molecule has 0 bridgehead atoms. The molecule has 1 unspecified atom stereocenters. The van der Waals surface area contributed by atoms with E-state index in [0.717, 1.165) is 11.6 Å². The first-order valence-corrected chi connectivity index (χ1v) is 5.81. The Morgan fingerprint density at radius 2 is 1.84 bits per heavy atom. The van der Waals surface area contributed by atoms with Crippen molar-refractivity contribution in [2.75, 3.05) is 5.73 Å². The van der Waals surface area contributed by atoms with Crippen molar-refractivity contribution >= 4 is 5.82 Å². The highest BCUT2D eigenvalue weighted by Crippen LogP contribution is 2.23. The Kier molecular flexibility index (Phi) is 3.76. The number of hydrogen-bond donors (Lipinski definition) is 2. The Hall–Kier alpha value is -2.01. The van der Waals surface area contributed by atoms with E-state index >= 15 is 0 Å². The maximum Gasteiger partial charge on any atom is 0.129 e. The second-order valence-electron chi connectivity index (χ2n) is 4.48. The first kappa shape index (κ1) is 13.4. The Labute approximate surface area is 109 Å². The molecule has 1 aromatic heterocycles. The van der Waals surface area contributed by atoms with Crippen LogP contribution in [0.15, 0.2) is 30.5 Å². The van der Waals surface area contributed by atoms with E-state index in [1.54, 1.807) is 12.3 Å². The molecule has 1 atom stereocenters. The van der Waals surface area contributed by atoms with Gasteiger partial charge in [-0.2, -0.15) is 0 Å². The van der Waals surface area contributed by atoms with Crippen molar-refractivity contribution in [1.29, 1.82) is 0 Å². The standard InChI is InChI=1S/C14H14F2N2O/c1-8-2-12(14(17)18-7-8)13(19)5-9-3-10(15)6-11(16)4-9/h2-4,6-7,13,19H,5H2,1H3,(H2,17,18). The Bertz CT molecular complexity index is 582. The lowest BCUT2D eigenvalue weighted by atomic mass is 10.0. The quantitative estimate of drug-likeness (QED) is 0.895. The molecular weight excluding hydrogens is 250 g/mol. The van der Waals surface area contributed by atoms with Gasteiger partial charge in [0.1, 0.15) is 17.5 Å². The van der Waals surface area contributed by atoms with Gasteiger partial charge in [0.05, 0.1) is 6.10 Å². The third kappa shape index (κ3) is 3.26. The molecule has 0 fully saturated rings. The number of nitrogen functional groups attached to an aromatic ring is 1. The Morgan fingerprint density at radius 1 is 1.21 bits per heavy atom. The normalized spacial score (nSPS) is 12.4. The maximum absolute atomic E-state index is 13.1. The molecule has 2 aromatic rings. The van der Waals surface area contributed by atoms with Gasteiger partial charge in [-0.3, -0.25) is 0 Å². The van der Waals surface area contributed by atoms with E-state index in [2.05, 4.69) is 4.98 Å². The number of aryl methyl sites for hydroxylation is 1. The monoisotopic (exact) mass is 264 g/mol. The molecule has 0 radical (unpaired) electrons. The summed E-state index contributed by atoms with van der Waals surface area (Å²) in [5.41, 5.74) is 7.37. The van der Waals surface area contributed by atoms with E-state index in [-0.39, 0.29) is 12.2 Å². The number of anilines is 1. The second kappa shape index (κ2) is 5.32. The summed E-state index contributed by atoms with van der Waals surface area (Å²) in [6, 6.07) is 4.87. The van der Waals surface area contributed by atoms with Crippen LogP contribution >= 0.6 is 0 Å². The number of aliphatic hydroxyl groups is 1. The molecule has 1 heterocycles. The van der Waals surface area contributed by atoms with Crippen LogP contribution in [0.4, 0.5) is 14.6 Å². The fraction of sp³-hybridized carbons (Fsp3) is 0.214. The van der Waals surface area contributed by atoms with Gasteiger partial charge in [0.2, 0.25) is 0 Å². The van der Waals surface area contributed by atoms with Crippen molar-refractivity contribution in [2.24, 2.45) is 0 Å². The number of aliphatic hydroxyl groups excluding tert-OH is 1. The molecule has 5 heteroatoms. The molecule has 0 amide bonds. The van der Waals surface area contributed by atoms with Crippen LogP contribution in [0.1, 0.15) is 22.8 Å². The van der Waals surface area contributed by atoms with Gasteiger partial charge in [0, 0.05) is 24.2 Å². The van der Waals surface area contributed by atoms with Gasteiger partial charge in [-0.1, -0.05) is 0 Å². The third-order valence-electron chi connectivity index (χ3n) is 2.80. The third-order valence-corrected chi connectivity index (χ3v) is 2.80. The van der Waals surface area contributed by atoms with Crippen molar-refractivity contribution < 1.29 is 13.9 Å². The maximum atomic E-state index is 13.1. The lowest BCUT2D eigenvalue weighted by Crippen LogP contribution is -2.07. The van der Waals surface area contributed by atoms with E-state index < -0.39 is 17.7 Å².